The number of aryl methyl sites for hydroxylation is 2. The second-order valence-electron chi connectivity index (χ2n) is 6.94. The molecule has 0 amide bonds. The fraction of sp³-hybridized carbons (Fsp3) is 0.318. The number of anilines is 1. The van der Waals surface area contributed by atoms with Crippen LogP contribution in [0.3, 0.4) is 0 Å². The normalized spacial score (nSPS) is 12.4. The van der Waals surface area contributed by atoms with Crippen molar-refractivity contribution in [1.82, 2.24) is 0 Å². The van der Waals surface area contributed by atoms with Crippen LogP contribution in [0.1, 0.15) is 11.1 Å². The SMILES string of the molecule is COCC(O)CN(Cc1ccccc1)c1ccc(N=Nc2scc[n+]2C)c(C)c1. The zero-order chi connectivity index (χ0) is 20.6. The molecule has 0 saturated carbocycles. The molecule has 0 spiro atoms. The van der Waals surface area contributed by atoms with E-state index in [2.05, 4.69) is 33.3 Å². The lowest BCUT2D eigenvalue weighted by atomic mass is 10.1. The van der Waals surface area contributed by atoms with Crippen molar-refractivity contribution < 1.29 is 14.4 Å². The minimum Gasteiger partial charge on any atom is -0.389 e. The van der Waals surface area contributed by atoms with Crippen LogP contribution in [0.5, 0.6) is 0 Å². The Morgan fingerprint density at radius 3 is 2.62 bits per heavy atom. The Morgan fingerprint density at radius 1 is 1.17 bits per heavy atom. The van der Waals surface area contributed by atoms with E-state index < -0.39 is 6.10 Å². The topological polar surface area (TPSA) is 61.3 Å². The number of aliphatic hydroxyl groups excluding tert-OH is 1. The molecule has 0 aliphatic carbocycles. The van der Waals surface area contributed by atoms with E-state index in [1.807, 2.05) is 60.4 Å². The largest absolute Gasteiger partial charge is 0.408 e. The van der Waals surface area contributed by atoms with Crippen LogP contribution in [-0.2, 0) is 18.3 Å². The number of hydrogen-bond donors (Lipinski definition) is 1. The average molecular weight is 412 g/mol. The predicted octanol–water partition coefficient (Wildman–Crippen LogP) is 4.31. The first kappa shape index (κ1) is 21.1. The molecule has 3 rings (SSSR count). The van der Waals surface area contributed by atoms with Crippen molar-refractivity contribution in [2.75, 3.05) is 25.2 Å². The van der Waals surface area contributed by atoms with Crippen LogP contribution in [-0.4, -0.2) is 31.5 Å². The van der Waals surface area contributed by atoms with Gasteiger partial charge in [0.15, 0.2) is 0 Å². The number of benzene rings is 2. The molecule has 7 heteroatoms. The van der Waals surface area contributed by atoms with Crippen molar-refractivity contribution in [2.24, 2.45) is 17.3 Å². The molecule has 0 aliphatic rings. The van der Waals surface area contributed by atoms with Crippen molar-refractivity contribution in [2.45, 2.75) is 19.6 Å². The fourth-order valence-electron chi connectivity index (χ4n) is 3.03. The van der Waals surface area contributed by atoms with Crippen molar-refractivity contribution in [1.29, 1.82) is 0 Å². The van der Waals surface area contributed by atoms with Gasteiger partial charge in [-0.05, 0) is 52.7 Å². The first-order valence-electron chi connectivity index (χ1n) is 9.48. The van der Waals surface area contributed by atoms with Gasteiger partial charge >= 0.3 is 5.13 Å². The van der Waals surface area contributed by atoms with Gasteiger partial charge in [0, 0.05) is 31.3 Å². The molecule has 0 radical (unpaired) electrons. The van der Waals surface area contributed by atoms with Crippen molar-refractivity contribution in [3.8, 4) is 0 Å². The molecule has 1 unspecified atom stereocenters. The Balaban J connectivity index is 1.82. The molecule has 1 heterocycles. The lowest BCUT2D eigenvalue weighted by Gasteiger charge is -2.27. The number of azo groups is 1. The summed E-state index contributed by atoms with van der Waals surface area (Å²) in [6.45, 7) is 3.51. The maximum Gasteiger partial charge on any atom is 0.408 e. The van der Waals surface area contributed by atoms with E-state index in [0.29, 0.717) is 19.7 Å². The summed E-state index contributed by atoms with van der Waals surface area (Å²) in [4.78, 5) is 2.16. The number of aromatic nitrogens is 1. The minimum atomic E-state index is -0.567. The first-order chi connectivity index (χ1) is 14.1. The van der Waals surface area contributed by atoms with Gasteiger partial charge < -0.3 is 14.7 Å². The summed E-state index contributed by atoms with van der Waals surface area (Å²) in [5.41, 5.74) is 4.08. The molecule has 152 valence electrons. The Bertz CT molecular complexity index is 943. The van der Waals surface area contributed by atoms with Crippen LogP contribution in [0.25, 0.3) is 0 Å². The highest BCUT2D eigenvalue weighted by Crippen LogP contribution is 2.28. The van der Waals surface area contributed by atoms with Gasteiger partial charge in [0.1, 0.15) is 11.9 Å². The molecule has 0 aliphatic heterocycles. The van der Waals surface area contributed by atoms with E-state index in [9.17, 15) is 5.11 Å². The van der Waals surface area contributed by atoms with Gasteiger partial charge in [-0.15, -0.1) is 0 Å². The van der Waals surface area contributed by atoms with Gasteiger partial charge in [-0.25, -0.2) is 4.57 Å². The number of nitrogens with zero attached hydrogens (tertiary/aromatic N) is 4. The zero-order valence-electron chi connectivity index (χ0n) is 17.0. The molecule has 0 saturated heterocycles. The van der Waals surface area contributed by atoms with Crippen molar-refractivity contribution in [3.05, 3.63) is 71.2 Å². The Hall–Kier alpha value is -2.61. The van der Waals surface area contributed by atoms with Gasteiger partial charge in [0.2, 0.25) is 0 Å². The van der Waals surface area contributed by atoms with E-state index in [1.165, 1.54) is 5.56 Å². The highest BCUT2D eigenvalue weighted by Gasteiger charge is 2.15. The maximum absolute atomic E-state index is 10.3. The molecule has 2 aromatic carbocycles. The average Bonchev–Trinajstić information content (AvgIpc) is 3.12. The molecule has 6 nitrogen and oxygen atoms in total. The van der Waals surface area contributed by atoms with Crippen molar-refractivity contribution in [3.63, 3.8) is 0 Å². The van der Waals surface area contributed by atoms with Gasteiger partial charge in [-0.2, -0.15) is 0 Å². The number of ether oxygens (including phenoxy) is 1. The molecule has 1 N–H and O–H groups in total. The number of aliphatic hydroxyl groups is 1. The third-order valence-electron chi connectivity index (χ3n) is 4.55. The molecular weight excluding hydrogens is 384 g/mol. The summed E-state index contributed by atoms with van der Waals surface area (Å²) in [6, 6.07) is 16.3. The van der Waals surface area contributed by atoms with Crippen LogP contribution < -0.4 is 9.47 Å². The lowest BCUT2D eigenvalue weighted by Crippen LogP contribution is -2.34. The summed E-state index contributed by atoms with van der Waals surface area (Å²) >= 11 is 1.55. The van der Waals surface area contributed by atoms with Gasteiger partial charge in [0.05, 0.1) is 24.9 Å². The summed E-state index contributed by atoms with van der Waals surface area (Å²) in [6.07, 6.45) is 1.39. The molecule has 1 aromatic heterocycles. The molecule has 29 heavy (non-hydrogen) atoms. The molecule has 3 aromatic rings. The Labute approximate surface area is 175 Å². The molecule has 0 bridgehead atoms. The molecule has 0 fully saturated rings. The number of hydrogen-bond acceptors (Lipinski definition) is 6. The van der Waals surface area contributed by atoms with Crippen LogP contribution in [0.4, 0.5) is 16.5 Å². The van der Waals surface area contributed by atoms with Crippen LogP contribution in [0.2, 0.25) is 0 Å². The summed E-state index contributed by atoms with van der Waals surface area (Å²) in [7, 11) is 3.55. The number of thiazole rings is 1. The Morgan fingerprint density at radius 2 is 1.97 bits per heavy atom. The highest BCUT2D eigenvalue weighted by atomic mass is 32.1. The summed E-state index contributed by atoms with van der Waals surface area (Å²) in [5, 5.41) is 21.9. The number of methoxy groups -OCH3 is 1. The zero-order valence-corrected chi connectivity index (χ0v) is 17.8. The maximum atomic E-state index is 10.3. The van der Waals surface area contributed by atoms with Crippen LogP contribution in [0, 0.1) is 6.92 Å². The second-order valence-corrected chi connectivity index (χ2v) is 7.82. The Kier molecular flexibility index (Phi) is 7.46. The lowest BCUT2D eigenvalue weighted by molar-refractivity contribution is -0.654. The van der Waals surface area contributed by atoms with Crippen molar-refractivity contribution >= 4 is 27.8 Å². The van der Waals surface area contributed by atoms with Crippen LogP contribution >= 0.6 is 11.3 Å². The second kappa shape index (κ2) is 10.2. The van der Waals surface area contributed by atoms with Gasteiger partial charge in [-0.3, -0.25) is 0 Å². The van der Waals surface area contributed by atoms with Gasteiger partial charge in [-0.1, -0.05) is 30.3 Å². The predicted molar refractivity (Wildman–Crippen MR) is 116 cm³/mol. The van der Waals surface area contributed by atoms with E-state index >= 15 is 0 Å². The van der Waals surface area contributed by atoms with Gasteiger partial charge in [0.25, 0.3) is 0 Å². The van der Waals surface area contributed by atoms with E-state index in [0.717, 1.165) is 22.1 Å². The standard InChI is InChI=1S/C22H27N4O2S/c1-17-13-19(9-10-21(17)23-24-22-25(2)11-12-29-22)26(15-20(27)16-28-3)14-18-7-5-4-6-8-18/h4-13,20,27H,14-16H2,1-3H3/q+1. The number of rotatable bonds is 9. The highest BCUT2D eigenvalue weighted by molar-refractivity contribution is 7.12. The summed E-state index contributed by atoms with van der Waals surface area (Å²) in [5.74, 6) is 0. The van der Waals surface area contributed by atoms with E-state index in [4.69, 9.17) is 4.74 Å². The quantitative estimate of drug-likeness (QED) is 0.422. The molecule has 1 atom stereocenters. The third kappa shape index (κ3) is 5.93. The fourth-order valence-corrected chi connectivity index (χ4v) is 3.71. The minimum absolute atomic E-state index is 0.300. The van der Waals surface area contributed by atoms with E-state index in [1.54, 1.807) is 18.4 Å². The smallest absolute Gasteiger partial charge is 0.389 e. The van der Waals surface area contributed by atoms with E-state index in [-0.39, 0.29) is 0 Å². The monoisotopic (exact) mass is 411 g/mol. The molecular formula is C22H27N4O2S+. The first-order valence-corrected chi connectivity index (χ1v) is 10.4. The van der Waals surface area contributed by atoms with Crippen LogP contribution in [0.15, 0.2) is 70.3 Å². The third-order valence-corrected chi connectivity index (χ3v) is 5.39. The summed E-state index contributed by atoms with van der Waals surface area (Å²) < 4.78 is 7.05.